The minimum Gasteiger partial charge on any atom is -0.486 e. The number of rotatable bonds is 8. The number of hydrogen-bond donors (Lipinski definition) is 0. The zero-order chi connectivity index (χ0) is 30.9. The van der Waals surface area contributed by atoms with Gasteiger partial charge in [-0.05, 0) is 85.5 Å². The molecule has 4 atom stereocenters. The molecule has 1 fully saturated rings. The molecule has 0 saturated heterocycles. The number of hydrogen-bond acceptors (Lipinski definition) is 2. The molecule has 226 valence electrons. The molecular formula is C41H40O2P2. The lowest BCUT2D eigenvalue weighted by Gasteiger charge is -2.18. The zero-order valence-corrected chi connectivity index (χ0v) is 28.5. The van der Waals surface area contributed by atoms with E-state index in [1.807, 2.05) is 0 Å². The maximum Gasteiger partial charge on any atom is 0.143 e. The summed E-state index contributed by atoms with van der Waals surface area (Å²) in [6.07, 6.45) is 3.23. The Morgan fingerprint density at radius 1 is 0.444 bits per heavy atom. The lowest BCUT2D eigenvalue weighted by Crippen LogP contribution is -2.17. The molecule has 0 aliphatic heterocycles. The molecule has 4 heteroatoms. The van der Waals surface area contributed by atoms with Gasteiger partial charge in [-0.25, -0.2) is 0 Å². The molecule has 4 aromatic carbocycles. The quantitative estimate of drug-likeness (QED) is 0.167. The third kappa shape index (κ3) is 6.41. The molecule has 6 aromatic rings. The summed E-state index contributed by atoms with van der Waals surface area (Å²) in [7, 11) is 1.05. The molecule has 1 saturated carbocycles. The van der Waals surface area contributed by atoms with E-state index in [0.29, 0.717) is 16.4 Å². The first-order valence-corrected chi connectivity index (χ1v) is 18.1. The fourth-order valence-electron chi connectivity index (χ4n) is 6.38. The molecule has 4 unspecified atom stereocenters. The lowest BCUT2D eigenvalue weighted by atomic mass is 9.97. The second-order valence-corrected chi connectivity index (χ2v) is 14.6. The first-order chi connectivity index (χ1) is 21.9. The predicted octanol–water partition coefficient (Wildman–Crippen LogP) is 12.0. The van der Waals surface area contributed by atoms with Gasteiger partial charge in [-0.15, -0.1) is 0 Å². The Kier molecular flexibility index (Phi) is 8.46. The van der Waals surface area contributed by atoms with Crippen molar-refractivity contribution in [3.8, 4) is 55.5 Å². The standard InChI is InChI=1S/C41H40O2P2/c1-26-5-13-30(14-6-26)36-24-44-40(38(36)32-17-9-28(3)10-18-32)42-34-21-22-35(23-34)43-41-39(33-19-11-29(4)12-20-33)37(25-45-41)31-15-7-27(2)8-16-31/h5-20,24-25,34-35,44-45H,21-23H2,1-4H3. The minimum atomic E-state index is 0.154. The van der Waals surface area contributed by atoms with Crippen molar-refractivity contribution in [2.75, 3.05) is 0 Å². The van der Waals surface area contributed by atoms with Crippen LogP contribution in [0, 0.1) is 27.7 Å². The minimum absolute atomic E-state index is 0.154. The van der Waals surface area contributed by atoms with Gasteiger partial charge in [-0.2, -0.15) is 0 Å². The van der Waals surface area contributed by atoms with Gasteiger partial charge in [0, 0.05) is 17.5 Å². The maximum absolute atomic E-state index is 6.90. The van der Waals surface area contributed by atoms with E-state index in [-0.39, 0.29) is 12.2 Å². The third-order valence-electron chi connectivity index (χ3n) is 9.00. The highest BCUT2D eigenvalue weighted by molar-refractivity contribution is 7.33. The predicted molar refractivity (Wildman–Crippen MR) is 195 cm³/mol. The molecule has 0 N–H and O–H groups in total. The molecule has 0 radical (unpaired) electrons. The Bertz CT molecular complexity index is 1750. The number of benzene rings is 4. The van der Waals surface area contributed by atoms with Crippen LogP contribution in [0.25, 0.3) is 44.5 Å². The number of ether oxygens (including phenoxy) is 2. The van der Waals surface area contributed by atoms with Crippen LogP contribution in [0.1, 0.15) is 41.5 Å². The lowest BCUT2D eigenvalue weighted by molar-refractivity contribution is 0.173. The molecule has 7 rings (SSSR count). The van der Waals surface area contributed by atoms with Crippen LogP contribution in [-0.4, -0.2) is 12.2 Å². The van der Waals surface area contributed by atoms with E-state index < -0.39 is 0 Å². The second kappa shape index (κ2) is 12.8. The van der Waals surface area contributed by atoms with Crippen LogP contribution in [0.5, 0.6) is 11.0 Å². The topological polar surface area (TPSA) is 18.5 Å². The summed E-state index contributed by atoms with van der Waals surface area (Å²) < 4.78 is 13.8. The Hall–Kier alpha value is -3.96. The van der Waals surface area contributed by atoms with Crippen molar-refractivity contribution in [1.29, 1.82) is 0 Å². The van der Waals surface area contributed by atoms with Crippen LogP contribution in [0.15, 0.2) is 109 Å². The Labute approximate surface area is 270 Å². The summed E-state index contributed by atoms with van der Waals surface area (Å²) in [6, 6.07) is 35.5. The Balaban J connectivity index is 1.14. The van der Waals surface area contributed by atoms with Crippen LogP contribution in [0.3, 0.4) is 0 Å². The van der Waals surface area contributed by atoms with Crippen molar-refractivity contribution in [2.45, 2.75) is 59.2 Å². The first kappa shape index (κ1) is 29.7. The van der Waals surface area contributed by atoms with Gasteiger partial charge in [0.15, 0.2) is 0 Å². The Morgan fingerprint density at radius 3 is 1.09 bits per heavy atom. The molecule has 1 aliphatic carbocycles. The van der Waals surface area contributed by atoms with E-state index in [9.17, 15) is 0 Å². The maximum atomic E-state index is 6.90. The summed E-state index contributed by atoms with van der Waals surface area (Å²) in [5, 5.41) is 0. The van der Waals surface area contributed by atoms with Gasteiger partial charge in [-0.1, -0.05) is 136 Å². The molecule has 2 nitrogen and oxygen atoms in total. The summed E-state index contributed by atoms with van der Waals surface area (Å²) in [5.41, 5.74) is 17.4. The smallest absolute Gasteiger partial charge is 0.143 e. The monoisotopic (exact) mass is 626 g/mol. The molecule has 2 heterocycles. The van der Waals surface area contributed by atoms with Gasteiger partial charge in [0.05, 0.1) is 0 Å². The summed E-state index contributed by atoms with van der Waals surface area (Å²) in [5.74, 6) is 4.74. The average Bonchev–Trinajstić information content (AvgIpc) is 3.78. The van der Waals surface area contributed by atoms with Crippen molar-refractivity contribution in [3.05, 3.63) is 131 Å². The second-order valence-electron chi connectivity index (χ2n) is 12.6. The summed E-state index contributed by atoms with van der Waals surface area (Å²) >= 11 is 0. The van der Waals surface area contributed by atoms with E-state index in [2.05, 4.69) is 136 Å². The average molecular weight is 627 g/mol. The molecule has 0 amide bonds. The van der Waals surface area contributed by atoms with Crippen LogP contribution in [0.4, 0.5) is 0 Å². The van der Waals surface area contributed by atoms with Gasteiger partial charge in [0.2, 0.25) is 0 Å². The number of aryl methyl sites for hydroxylation is 4. The molecule has 0 spiro atoms. The van der Waals surface area contributed by atoms with Gasteiger partial charge in [-0.3, -0.25) is 0 Å². The summed E-state index contributed by atoms with van der Waals surface area (Å²) in [4.78, 5) is 0. The molecule has 0 bridgehead atoms. The highest BCUT2D eigenvalue weighted by Crippen LogP contribution is 2.50. The van der Waals surface area contributed by atoms with E-state index in [4.69, 9.17) is 9.47 Å². The van der Waals surface area contributed by atoms with E-state index >= 15 is 0 Å². The molecule has 2 aromatic heterocycles. The van der Waals surface area contributed by atoms with Gasteiger partial charge >= 0.3 is 0 Å². The largest absolute Gasteiger partial charge is 0.486 e. The fourth-order valence-corrected chi connectivity index (χ4v) is 8.87. The van der Waals surface area contributed by atoms with Crippen molar-refractivity contribution >= 4 is 16.4 Å². The van der Waals surface area contributed by atoms with Gasteiger partial charge in [0.1, 0.15) is 23.2 Å². The normalized spacial score (nSPS) is 16.5. The first-order valence-electron chi connectivity index (χ1n) is 16.0. The molecule has 45 heavy (non-hydrogen) atoms. The zero-order valence-electron chi connectivity index (χ0n) is 26.5. The van der Waals surface area contributed by atoms with E-state index in [1.54, 1.807) is 0 Å². The fraction of sp³-hybridized carbons (Fsp3) is 0.220. The highest BCUT2D eigenvalue weighted by atomic mass is 31.0. The van der Waals surface area contributed by atoms with Crippen LogP contribution in [0.2, 0.25) is 0 Å². The highest BCUT2D eigenvalue weighted by Gasteiger charge is 2.30. The van der Waals surface area contributed by atoms with Crippen LogP contribution >= 0.6 is 16.4 Å². The molecular weight excluding hydrogens is 586 g/mol. The Morgan fingerprint density at radius 2 is 0.756 bits per heavy atom. The van der Waals surface area contributed by atoms with Crippen LogP contribution in [-0.2, 0) is 0 Å². The summed E-state index contributed by atoms with van der Waals surface area (Å²) in [6.45, 7) is 8.57. The van der Waals surface area contributed by atoms with Crippen molar-refractivity contribution in [3.63, 3.8) is 0 Å². The van der Waals surface area contributed by atoms with Crippen molar-refractivity contribution < 1.29 is 9.47 Å². The van der Waals surface area contributed by atoms with Gasteiger partial charge < -0.3 is 9.47 Å². The van der Waals surface area contributed by atoms with Crippen molar-refractivity contribution in [2.24, 2.45) is 0 Å². The van der Waals surface area contributed by atoms with Crippen molar-refractivity contribution in [1.82, 2.24) is 0 Å². The third-order valence-corrected chi connectivity index (χ3v) is 11.1. The van der Waals surface area contributed by atoms with E-state index in [1.165, 1.54) is 66.8 Å². The van der Waals surface area contributed by atoms with Gasteiger partial charge in [0.25, 0.3) is 0 Å². The SMILES string of the molecule is Cc1ccc(-c2c[pH]c(OC3CCC(Oc4[pH]cc(-c5ccc(C)cc5)c4-c4ccc(C)cc4)C3)c2-c2ccc(C)cc2)cc1. The van der Waals surface area contributed by atoms with Crippen LogP contribution < -0.4 is 9.47 Å². The molecule has 1 aliphatic rings. The van der Waals surface area contributed by atoms with E-state index in [0.717, 1.165) is 30.2 Å².